The molecule has 1 aromatic carbocycles. The van der Waals surface area contributed by atoms with Crippen LogP contribution in [0, 0.1) is 0 Å². The largest absolute Gasteiger partial charge is 0.289 e. The first-order valence-corrected chi connectivity index (χ1v) is 7.41. The van der Waals surface area contributed by atoms with Crippen molar-refractivity contribution in [3.8, 4) is 11.3 Å². The van der Waals surface area contributed by atoms with Crippen molar-refractivity contribution in [2.75, 3.05) is 0 Å². The van der Waals surface area contributed by atoms with Crippen LogP contribution < -0.4 is 5.56 Å². The summed E-state index contributed by atoms with van der Waals surface area (Å²) < 4.78 is 2.59. The van der Waals surface area contributed by atoms with E-state index in [1.807, 2.05) is 30.3 Å². The molecule has 0 bridgehead atoms. The molecule has 0 spiro atoms. The van der Waals surface area contributed by atoms with Crippen LogP contribution in [0.4, 0.5) is 0 Å². The number of fused-ring (bicyclic) bond motifs is 2. The Hall–Kier alpha value is -1.88. The fraction of sp³-hybridized carbons (Fsp3) is 0.200. The molecule has 0 aliphatic heterocycles. The van der Waals surface area contributed by atoms with Crippen molar-refractivity contribution >= 4 is 21.6 Å². The molecule has 1 aliphatic carbocycles. The molecular weight excluding hydrogens is 318 g/mol. The van der Waals surface area contributed by atoms with Crippen LogP contribution in [0.1, 0.15) is 17.7 Å². The van der Waals surface area contributed by atoms with Gasteiger partial charge in [0.05, 0.1) is 11.4 Å². The lowest BCUT2D eigenvalue weighted by molar-refractivity contribution is 0.873. The van der Waals surface area contributed by atoms with Crippen molar-refractivity contribution in [1.29, 1.82) is 0 Å². The number of aryl methyl sites for hydroxylation is 1. The van der Waals surface area contributed by atoms with Crippen LogP contribution >= 0.6 is 15.9 Å². The number of rotatable bonds is 1. The van der Waals surface area contributed by atoms with Gasteiger partial charge in [0, 0.05) is 16.1 Å². The van der Waals surface area contributed by atoms with Gasteiger partial charge in [-0.25, -0.2) is 9.50 Å². The van der Waals surface area contributed by atoms with Gasteiger partial charge in [0.15, 0.2) is 5.65 Å². The summed E-state index contributed by atoms with van der Waals surface area (Å²) in [6.07, 6.45) is 2.79. The van der Waals surface area contributed by atoms with Gasteiger partial charge < -0.3 is 0 Å². The summed E-state index contributed by atoms with van der Waals surface area (Å²) >= 11 is 3.42. The molecule has 0 unspecified atom stereocenters. The summed E-state index contributed by atoms with van der Waals surface area (Å²) in [4.78, 5) is 17.0. The molecule has 2 aromatic heterocycles. The Bertz CT molecular complexity index is 861. The van der Waals surface area contributed by atoms with Crippen LogP contribution in [0.3, 0.4) is 0 Å². The number of nitrogens with one attached hydrogen (secondary N) is 1. The van der Waals surface area contributed by atoms with Gasteiger partial charge in [-0.3, -0.25) is 9.89 Å². The monoisotopic (exact) mass is 329 g/mol. The fourth-order valence-corrected chi connectivity index (χ4v) is 3.04. The van der Waals surface area contributed by atoms with E-state index in [1.54, 1.807) is 4.52 Å². The third-order valence-electron chi connectivity index (χ3n) is 3.79. The highest BCUT2D eigenvalue weighted by Gasteiger charge is 2.19. The van der Waals surface area contributed by atoms with Crippen molar-refractivity contribution in [2.45, 2.75) is 19.3 Å². The van der Waals surface area contributed by atoms with E-state index < -0.39 is 0 Å². The van der Waals surface area contributed by atoms with E-state index in [1.165, 1.54) is 0 Å². The predicted molar refractivity (Wildman–Crippen MR) is 81.0 cm³/mol. The summed E-state index contributed by atoms with van der Waals surface area (Å²) in [5, 5.41) is 3.16. The van der Waals surface area contributed by atoms with Crippen molar-refractivity contribution in [3.63, 3.8) is 0 Å². The molecular formula is C15H12BrN3O. The van der Waals surface area contributed by atoms with Gasteiger partial charge in [0.2, 0.25) is 0 Å². The molecule has 0 fully saturated rings. The van der Waals surface area contributed by atoms with E-state index in [-0.39, 0.29) is 5.56 Å². The van der Waals surface area contributed by atoms with Gasteiger partial charge in [-0.1, -0.05) is 28.1 Å². The zero-order chi connectivity index (χ0) is 13.7. The maximum Gasteiger partial charge on any atom is 0.276 e. The van der Waals surface area contributed by atoms with E-state index in [0.29, 0.717) is 5.65 Å². The maximum absolute atomic E-state index is 12.4. The predicted octanol–water partition coefficient (Wildman–Crippen LogP) is 2.94. The first kappa shape index (κ1) is 11.9. The number of benzene rings is 1. The van der Waals surface area contributed by atoms with Gasteiger partial charge in [-0.2, -0.15) is 0 Å². The van der Waals surface area contributed by atoms with Gasteiger partial charge in [0.25, 0.3) is 5.56 Å². The highest BCUT2D eigenvalue weighted by Crippen LogP contribution is 2.22. The average molecular weight is 330 g/mol. The highest BCUT2D eigenvalue weighted by molar-refractivity contribution is 9.10. The molecule has 1 aliphatic rings. The zero-order valence-electron chi connectivity index (χ0n) is 10.7. The number of aromatic amines is 1. The number of aromatic nitrogens is 3. The van der Waals surface area contributed by atoms with Crippen molar-refractivity contribution in [3.05, 3.63) is 56.4 Å². The lowest BCUT2D eigenvalue weighted by Crippen LogP contribution is -2.19. The SMILES string of the molecule is O=c1c2c(nc3cc(-c4ccc(Br)cc4)[nH]n13)CCC2. The number of hydrogen-bond acceptors (Lipinski definition) is 2. The molecule has 0 amide bonds. The van der Waals surface area contributed by atoms with Gasteiger partial charge in [0.1, 0.15) is 0 Å². The molecule has 4 nitrogen and oxygen atoms in total. The summed E-state index contributed by atoms with van der Waals surface area (Å²) in [6, 6.07) is 9.92. The second-order valence-electron chi connectivity index (χ2n) is 5.07. The Morgan fingerprint density at radius 3 is 2.80 bits per heavy atom. The lowest BCUT2D eigenvalue weighted by Gasteiger charge is -1.99. The molecule has 0 radical (unpaired) electrons. The Kier molecular flexibility index (Phi) is 2.57. The number of nitrogens with zero attached hydrogens (tertiary/aromatic N) is 2. The maximum atomic E-state index is 12.4. The van der Waals surface area contributed by atoms with E-state index in [0.717, 1.165) is 46.2 Å². The molecule has 0 saturated carbocycles. The smallest absolute Gasteiger partial charge is 0.276 e. The third kappa shape index (κ3) is 1.73. The van der Waals surface area contributed by atoms with Crippen molar-refractivity contribution < 1.29 is 0 Å². The van der Waals surface area contributed by atoms with Gasteiger partial charge in [-0.15, -0.1) is 0 Å². The molecule has 100 valence electrons. The molecule has 3 aromatic rings. The summed E-state index contributed by atoms with van der Waals surface area (Å²) in [5.74, 6) is 0. The van der Waals surface area contributed by atoms with Crippen LogP contribution in [0.25, 0.3) is 16.9 Å². The van der Waals surface area contributed by atoms with Crippen molar-refractivity contribution in [1.82, 2.24) is 14.6 Å². The normalized spacial score (nSPS) is 13.8. The average Bonchev–Trinajstić information content (AvgIpc) is 3.06. The molecule has 0 saturated heterocycles. The molecule has 0 atom stereocenters. The van der Waals surface area contributed by atoms with E-state index in [2.05, 4.69) is 26.0 Å². The minimum absolute atomic E-state index is 0.0471. The highest BCUT2D eigenvalue weighted by atomic mass is 79.9. The van der Waals surface area contributed by atoms with Crippen LogP contribution in [0.15, 0.2) is 39.6 Å². The molecule has 4 rings (SSSR count). The standard InChI is InChI=1S/C15H12BrN3O/c16-10-6-4-9(5-7-10)13-8-14-17-12-3-1-2-11(12)15(20)19(14)18-13/h4-8,18H,1-3H2. The fourth-order valence-electron chi connectivity index (χ4n) is 2.77. The molecule has 5 heteroatoms. The first-order chi connectivity index (χ1) is 9.72. The molecule has 2 heterocycles. The number of halogens is 1. The quantitative estimate of drug-likeness (QED) is 0.746. The Morgan fingerprint density at radius 2 is 2.00 bits per heavy atom. The van der Waals surface area contributed by atoms with Crippen LogP contribution in [0.2, 0.25) is 0 Å². The minimum atomic E-state index is 0.0471. The summed E-state index contributed by atoms with van der Waals surface area (Å²) in [7, 11) is 0. The number of hydrogen-bond donors (Lipinski definition) is 1. The van der Waals surface area contributed by atoms with E-state index in [4.69, 9.17) is 0 Å². The lowest BCUT2D eigenvalue weighted by atomic mass is 10.2. The molecule has 1 N–H and O–H groups in total. The molecule has 20 heavy (non-hydrogen) atoms. The van der Waals surface area contributed by atoms with Crippen molar-refractivity contribution in [2.24, 2.45) is 0 Å². The zero-order valence-corrected chi connectivity index (χ0v) is 12.3. The first-order valence-electron chi connectivity index (χ1n) is 6.62. The van der Waals surface area contributed by atoms with E-state index >= 15 is 0 Å². The number of H-pyrrole nitrogens is 1. The summed E-state index contributed by atoms with van der Waals surface area (Å²) in [5.41, 5.74) is 4.53. The van der Waals surface area contributed by atoms with Crippen LogP contribution in [-0.4, -0.2) is 14.6 Å². The second kappa shape index (κ2) is 4.31. The van der Waals surface area contributed by atoms with E-state index in [9.17, 15) is 4.79 Å². The third-order valence-corrected chi connectivity index (χ3v) is 4.32. The topological polar surface area (TPSA) is 50.2 Å². The Balaban J connectivity index is 1.94. The van der Waals surface area contributed by atoms with Gasteiger partial charge >= 0.3 is 0 Å². The van der Waals surface area contributed by atoms with Gasteiger partial charge in [-0.05, 0) is 37.0 Å². The minimum Gasteiger partial charge on any atom is -0.289 e. The Labute approximate surface area is 123 Å². The van der Waals surface area contributed by atoms with Crippen LogP contribution in [-0.2, 0) is 12.8 Å². The second-order valence-corrected chi connectivity index (χ2v) is 5.98. The summed E-state index contributed by atoms with van der Waals surface area (Å²) in [6.45, 7) is 0. The Morgan fingerprint density at radius 1 is 1.20 bits per heavy atom. The van der Waals surface area contributed by atoms with Crippen LogP contribution in [0.5, 0.6) is 0 Å².